The summed E-state index contributed by atoms with van der Waals surface area (Å²) in [6.07, 6.45) is 4.07. The third-order valence-corrected chi connectivity index (χ3v) is 3.68. The van der Waals surface area contributed by atoms with Crippen molar-refractivity contribution < 1.29 is 4.57 Å². The van der Waals surface area contributed by atoms with Crippen molar-refractivity contribution in [3.05, 3.63) is 18.3 Å². The molecular weight excluding hydrogens is 200 g/mol. The molecule has 4 heteroatoms. The van der Waals surface area contributed by atoms with Crippen LogP contribution in [0.5, 0.6) is 0 Å². The fraction of sp³-hybridized carbons (Fsp3) is 0.333. The van der Waals surface area contributed by atoms with Gasteiger partial charge in [0.05, 0.1) is 13.2 Å². The second-order valence-electron chi connectivity index (χ2n) is 2.49. The van der Waals surface area contributed by atoms with Crippen LogP contribution in [-0.2, 0) is 7.05 Å². The molecule has 0 N–H and O–H groups in total. The molecule has 0 aliphatic carbocycles. The number of aryl methyl sites for hydroxylation is 1. The van der Waals surface area contributed by atoms with Gasteiger partial charge in [0, 0.05) is 0 Å². The van der Waals surface area contributed by atoms with Gasteiger partial charge in [0.2, 0.25) is 0 Å². The van der Waals surface area contributed by atoms with Crippen molar-refractivity contribution in [1.82, 2.24) is 4.98 Å². The van der Waals surface area contributed by atoms with Gasteiger partial charge < -0.3 is 0 Å². The fourth-order valence-corrected chi connectivity index (χ4v) is 2.61. The molecule has 2 aromatic heterocycles. The smallest absolute Gasteiger partial charge is 0.232 e. The molecule has 0 aromatic carbocycles. The fourth-order valence-electron chi connectivity index (χ4n) is 1.08. The molecule has 2 rings (SSSR count). The van der Waals surface area contributed by atoms with Crippen LogP contribution in [0, 0.1) is 0 Å². The monoisotopic (exact) mass is 213 g/mol. The third-order valence-electron chi connectivity index (χ3n) is 1.68. The zero-order valence-electron chi connectivity index (χ0n) is 6.94. The second kappa shape index (κ2) is 4.07. The summed E-state index contributed by atoms with van der Waals surface area (Å²) in [7, 11) is 2.02. The highest BCUT2D eigenvalue weighted by Gasteiger charge is 2.12. The summed E-state index contributed by atoms with van der Waals surface area (Å²) in [5, 5.41) is 0. The number of hydrogen-bond donors (Lipinski definition) is 0. The first kappa shape index (κ1) is 10.5. The first-order chi connectivity index (χ1) is 5.81. The minimum atomic E-state index is 0. The molecule has 0 spiro atoms. The maximum atomic E-state index is 4.48. The first-order valence-corrected chi connectivity index (χ1v) is 5.64. The molecule has 0 saturated carbocycles. The van der Waals surface area contributed by atoms with Crippen LogP contribution in [-0.4, -0.2) is 11.2 Å². The molecule has 0 aliphatic heterocycles. The molecule has 0 aliphatic rings. The lowest BCUT2D eigenvalue weighted by molar-refractivity contribution is -0.646. The summed E-state index contributed by atoms with van der Waals surface area (Å²) in [6.45, 7) is 0. The SMILES string of the molecule is C.CSc1nc2c(ccc[n+]2C)s1. The van der Waals surface area contributed by atoms with Crippen molar-refractivity contribution >= 4 is 33.4 Å². The Balaban J connectivity index is 0.000000845. The number of thioether (sulfide) groups is 1. The van der Waals surface area contributed by atoms with Gasteiger partial charge in [-0.15, -0.1) is 0 Å². The largest absolute Gasteiger partial charge is 0.342 e. The van der Waals surface area contributed by atoms with E-state index >= 15 is 0 Å². The molecule has 0 fully saturated rings. The van der Waals surface area contributed by atoms with Crippen LogP contribution in [0.1, 0.15) is 7.43 Å². The molecule has 0 bridgehead atoms. The Hall–Kier alpha value is -0.610. The highest BCUT2D eigenvalue weighted by Crippen LogP contribution is 2.25. The predicted molar refractivity (Wildman–Crippen MR) is 59.3 cm³/mol. The Labute approximate surface area is 86.6 Å². The summed E-state index contributed by atoms with van der Waals surface area (Å²) in [5.41, 5.74) is 1.08. The van der Waals surface area contributed by atoms with Crippen molar-refractivity contribution in [1.29, 1.82) is 0 Å². The van der Waals surface area contributed by atoms with Gasteiger partial charge in [-0.25, -0.2) is 4.57 Å². The van der Waals surface area contributed by atoms with E-state index < -0.39 is 0 Å². The average Bonchev–Trinajstić information content (AvgIpc) is 2.49. The number of pyridine rings is 1. The van der Waals surface area contributed by atoms with Crippen LogP contribution in [0.15, 0.2) is 22.7 Å². The van der Waals surface area contributed by atoms with Crippen LogP contribution in [0.4, 0.5) is 0 Å². The van der Waals surface area contributed by atoms with E-state index in [9.17, 15) is 0 Å². The van der Waals surface area contributed by atoms with Crippen molar-refractivity contribution in [3.8, 4) is 0 Å². The molecular formula is C9H13N2S2+. The molecule has 2 aromatic rings. The van der Waals surface area contributed by atoms with Gasteiger partial charge in [-0.3, -0.25) is 0 Å². The van der Waals surface area contributed by atoms with Gasteiger partial charge >= 0.3 is 5.65 Å². The van der Waals surface area contributed by atoms with E-state index in [1.165, 1.54) is 4.70 Å². The number of nitrogens with zero attached hydrogens (tertiary/aromatic N) is 2. The minimum absolute atomic E-state index is 0. The zero-order valence-corrected chi connectivity index (χ0v) is 8.58. The molecule has 0 saturated heterocycles. The van der Waals surface area contributed by atoms with E-state index in [1.807, 2.05) is 23.9 Å². The zero-order chi connectivity index (χ0) is 8.55. The van der Waals surface area contributed by atoms with Crippen molar-refractivity contribution in [2.75, 3.05) is 6.26 Å². The van der Waals surface area contributed by atoms with Gasteiger partial charge in [-0.2, -0.15) is 0 Å². The minimum Gasteiger partial charge on any atom is -0.232 e. The standard InChI is InChI=1S/C8H9N2S2.CH4/c1-10-5-3-4-6-7(10)9-8(11-2)12-6;/h3-5H,1-2H3;1H4/q+1;. The Bertz CT molecular complexity index is 409. The summed E-state index contributed by atoms with van der Waals surface area (Å²) in [5.74, 6) is 0. The average molecular weight is 213 g/mol. The Morgan fingerprint density at radius 2 is 2.31 bits per heavy atom. The lowest BCUT2D eigenvalue weighted by atomic mass is 10.5. The van der Waals surface area contributed by atoms with Crippen molar-refractivity contribution in [2.24, 2.45) is 7.05 Å². The lowest BCUT2D eigenvalue weighted by Crippen LogP contribution is -2.27. The van der Waals surface area contributed by atoms with Crippen LogP contribution < -0.4 is 4.57 Å². The van der Waals surface area contributed by atoms with E-state index in [2.05, 4.69) is 17.3 Å². The molecule has 0 atom stereocenters. The molecule has 0 unspecified atom stereocenters. The summed E-state index contributed by atoms with van der Waals surface area (Å²) in [6, 6.07) is 4.15. The number of hydrogen-bond acceptors (Lipinski definition) is 3. The number of aromatic nitrogens is 2. The lowest BCUT2D eigenvalue weighted by Gasteiger charge is -1.86. The van der Waals surface area contributed by atoms with Crippen LogP contribution >= 0.6 is 23.1 Å². The van der Waals surface area contributed by atoms with Crippen LogP contribution in [0.3, 0.4) is 0 Å². The van der Waals surface area contributed by atoms with Crippen molar-refractivity contribution in [3.63, 3.8) is 0 Å². The van der Waals surface area contributed by atoms with E-state index in [-0.39, 0.29) is 7.43 Å². The van der Waals surface area contributed by atoms with Gasteiger partial charge in [0.1, 0.15) is 4.70 Å². The summed E-state index contributed by atoms with van der Waals surface area (Å²) in [4.78, 5) is 4.48. The number of thiazole rings is 1. The molecule has 0 radical (unpaired) electrons. The van der Waals surface area contributed by atoms with E-state index in [0.717, 1.165) is 9.99 Å². The normalized spacial score (nSPS) is 10.0. The molecule has 2 heterocycles. The highest BCUT2D eigenvalue weighted by molar-refractivity contribution is 8.00. The topological polar surface area (TPSA) is 16.8 Å². The quantitative estimate of drug-likeness (QED) is 0.534. The van der Waals surface area contributed by atoms with E-state index in [0.29, 0.717) is 0 Å². The Morgan fingerprint density at radius 1 is 1.54 bits per heavy atom. The highest BCUT2D eigenvalue weighted by atomic mass is 32.2. The van der Waals surface area contributed by atoms with E-state index in [1.54, 1.807) is 23.1 Å². The molecule has 0 amide bonds. The number of rotatable bonds is 1. The van der Waals surface area contributed by atoms with Crippen LogP contribution in [0.2, 0.25) is 0 Å². The summed E-state index contributed by atoms with van der Waals surface area (Å²) < 4.78 is 4.43. The predicted octanol–water partition coefficient (Wildman–Crippen LogP) is 2.48. The first-order valence-electron chi connectivity index (χ1n) is 3.60. The van der Waals surface area contributed by atoms with E-state index in [4.69, 9.17) is 0 Å². The number of fused-ring (bicyclic) bond motifs is 1. The maximum Gasteiger partial charge on any atom is 0.342 e. The summed E-state index contributed by atoms with van der Waals surface area (Å²) >= 11 is 3.44. The van der Waals surface area contributed by atoms with Gasteiger partial charge in [0.15, 0.2) is 0 Å². The Morgan fingerprint density at radius 3 is 2.92 bits per heavy atom. The second-order valence-corrected chi connectivity index (χ2v) is 4.57. The maximum absolute atomic E-state index is 4.48. The van der Waals surface area contributed by atoms with Gasteiger partial charge in [-0.05, 0) is 23.4 Å². The molecule has 2 nitrogen and oxygen atoms in total. The molecule has 13 heavy (non-hydrogen) atoms. The van der Waals surface area contributed by atoms with Gasteiger partial charge in [-0.1, -0.05) is 30.5 Å². The van der Waals surface area contributed by atoms with Crippen molar-refractivity contribution in [2.45, 2.75) is 11.8 Å². The third kappa shape index (κ3) is 1.84. The Kier molecular flexibility index (Phi) is 3.27. The van der Waals surface area contributed by atoms with Crippen LogP contribution in [0.25, 0.3) is 10.3 Å². The molecule has 70 valence electrons. The van der Waals surface area contributed by atoms with Gasteiger partial charge in [0.25, 0.3) is 4.34 Å².